The average molecular weight is 350 g/mol. The molecule has 0 spiro atoms. The van der Waals surface area contributed by atoms with Crippen LogP contribution in [0.15, 0.2) is 53.4 Å². The molecule has 0 unspecified atom stereocenters. The lowest BCUT2D eigenvalue weighted by molar-refractivity contribution is -0.113. The van der Waals surface area contributed by atoms with E-state index in [-0.39, 0.29) is 11.7 Å². The molecule has 0 saturated heterocycles. The number of esters is 1. The van der Waals surface area contributed by atoms with Crippen molar-refractivity contribution in [3.05, 3.63) is 59.1 Å². The van der Waals surface area contributed by atoms with Gasteiger partial charge in [0, 0.05) is 15.6 Å². The summed E-state index contributed by atoms with van der Waals surface area (Å²) in [5, 5.41) is 3.43. The van der Waals surface area contributed by atoms with Crippen molar-refractivity contribution in [3.8, 4) is 0 Å². The van der Waals surface area contributed by atoms with Crippen LogP contribution in [0.4, 0.5) is 5.69 Å². The number of carbonyl (C=O) groups is 2. The highest BCUT2D eigenvalue weighted by atomic mass is 35.5. The Kier molecular flexibility index (Phi) is 6.50. The van der Waals surface area contributed by atoms with Crippen molar-refractivity contribution in [1.29, 1.82) is 0 Å². The fraction of sp³-hybridized carbons (Fsp3) is 0.176. The summed E-state index contributed by atoms with van der Waals surface area (Å²) < 4.78 is 4.94. The van der Waals surface area contributed by atoms with Gasteiger partial charge in [-0.2, -0.15) is 0 Å². The number of benzene rings is 2. The molecule has 2 aromatic rings. The van der Waals surface area contributed by atoms with Crippen LogP contribution in [-0.4, -0.2) is 24.2 Å². The van der Waals surface area contributed by atoms with E-state index in [1.807, 2.05) is 12.1 Å². The summed E-state index contributed by atoms with van der Waals surface area (Å²) in [6, 6.07) is 14.0. The molecule has 0 fully saturated rings. The minimum absolute atomic E-state index is 0.147. The lowest BCUT2D eigenvalue weighted by atomic mass is 10.2. The van der Waals surface area contributed by atoms with Crippen molar-refractivity contribution in [2.75, 3.05) is 17.7 Å². The molecule has 0 atom stereocenters. The molecule has 2 rings (SSSR count). The monoisotopic (exact) mass is 349 g/mol. The number of anilines is 1. The Bertz CT molecular complexity index is 688. The van der Waals surface area contributed by atoms with Crippen LogP contribution in [0.1, 0.15) is 17.3 Å². The molecule has 1 amide bonds. The summed E-state index contributed by atoms with van der Waals surface area (Å²) in [7, 11) is 0. The van der Waals surface area contributed by atoms with E-state index >= 15 is 0 Å². The van der Waals surface area contributed by atoms with Gasteiger partial charge in [0.05, 0.1) is 17.9 Å². The van der Waals surface area contributed by atoms with Crippen LogP contribution in [0.25, 0.3) is 0 Å². The van der Waals surface area contributed by atoms with Gasteiger partial charge in [-0.05, 0) is 49.4 Å². The Morgan fingerprint density at radius 2 is 1.91 bits per heavy atom. The molecule has 0 aliphatic rings. The summed E-state index contributed by atoms with van der Waals surface area (Å²) in [6.07, 6.45) is 0. The predicted molar refractivity (Wildman–Crippen MR) is 93.2 cm³/mol. The van der Waals surface area contributed by atoms with Gasteiger partial charge in [0.1, 0.15) is 0 Å². The zero-order valence-electron chi connectivity index (χ0n) is 12.5. The number of rotatable bonds is 6. The summed E-state index contributed by atoms with van der Waals surface area (Å²) in [6.45, 7) is 2.06. The lowest BCUT2D eigenvalue weighted by Gasteiger charge is -2.07. The minimum Gasteiger partial charge on any atom is -0.462 e. The Balaban J connectivity index is 1.91. The molecule has 0 saturated carbocycles. The van der Waals surface area contributed by atoms with Crippen molar-refractivity contribution in [3.63, 3.8) is 0 Å². The molecule has 23 heavy (non-hydrogen) atoms. The van der Waals surface area contributed by atoms with Crippen molar-refractivity contribution >= 4 is 40.9 Å². The van der Waals surface area contributed by atoms with E-state index in [1.54, 1.807) is 43.3 Å². The van der Waals surface area contributed by atoms with Gasteiger partial charge in [0.2, 0.25) is 5.91 Å². The van der Waals surface area contributed by atoms with Crippen LogP contribution in [0.3, 0.4) is 0 Å². The van der Waals surface area contributed by atoms with Gasteiger partial charge in [-0.25, -0.2) is 4.79 Å². The minimum atomic E-state index is -0.404. The molecule has 0 aliphatic heterocycles. The molecule has 0 heterocycles. The van der Waals surface area contributed by atoms with E-state index in [1.165, 1.54) is 11.8 Å². The van der Waals surface area contributed by atoms with Crippen LogP contribution >= 0.6 is 23.4 Å². The second kappa shape index (κ2) is 8.60. The maximum Gasteiger partial charge on any atom is 0.338 e. The fourth-order valence-corrected chi connectivity index (χ4v) is 2.64. The Morgan fingerprint density at radius 1 is 1.17 bits per heavy atom. The molecule has 6 heteroatoms. The third-order valence-corrected chi connectivity index (χ3v) is 4.11. The van der Waals surface area contributed by atoms with Crippen LogP contribution in [0.2, 0.25) is 5.02 Å². The fourth-order valence-electron chi connectivity index (χ4n) is 1.82. The highest BCUT2D eigenvalue weighted by molar-refractivity contribution is 8.00. The van der Waals surface area contributed by atoms with Crippen LogP contribution in [0.5, 0.6) is 0 Å². The molecule has 0 aromatic heterocycles. The number of nitrogens with one attached hydrogen (secondary N) is 1. The van der Waals surface area contributed by atoms with E-state index in [2.05, 4.69) is 5.32 Å². The van der Waals surface area contributed by atoms with E-state index in [9.17, 15) is 9.59 Å². The summed E-state index contributed by atoms with van der Waals surface area (Å²) in [5.41, 5.74) is 0.979. The Morgan fingerprint density at radius 3 is 2.61 bits per heavy atom. The molecular weight excluding hydrogens is 334 g/mol. The summed E-state index contributed by atoms with van der Waals surface area (Å²) >= 11 is 7.23. The number of carbonyl (C=O) groups excluding carboxylic acids is 2. The van der Waals surface area contributed by atoms with Crippen LogP contribution in [-0.2, 0) is 9.53 Å². The first kappa shape index (κ1) is 17.4. The highest BCUT2D eigenvalue weighted by Gasteiger charge is 2.09. The third-order valence-electron chi connectivity index (χ3n) is 2.84. The maximum atomic E-state index is 12.0. The first-order chi connectivity index (χ1) is 11.1. The maximum absolute atomic E-state index is 12.0. The second-order valence-corrected chi connectivity index (χ2v) is 6.08. The largest absolute Gasteiger partial charge is 0.462 e. The van der Waals surface area contributed by atoms with Crippen molar-refractivity contribution in [1.82, 2.24) is 0 Å². The standard InChI is InChI=1S/C17H16ClNO3S/c1-2-22-17(21)12-4-3-5-14(10-12)19-16(20)11-23-15-8-6-13(18)7-9-15/h3-10H,2,11H2,1H3,(H,19,20). The van der Waals surface area contributed by atoms with Crippen LogP contribution in [0, 0.1) is 0 Å². The zero-order valence-corrected chi connectivity index (χ0v) is 14.1. The zero-order chi connectivity index (χ0) is 16.7. The molecule has 1 N–H and O–H groups in total. The van der Waals surface area contributed by atoms with Gasteiger partial charge in [0.25, 0.3) is 0 Å². The summed E-state index contributed by atoms with van der Waals surface area (Å²) in [5.74, 6) is -0.282. The van der Waals surface area contributed by atoms with Crippen molar-refractivity contribution in [2.45, 2.75) is 11.8 Å². The molecule has 0 aliphatic carbocycles. The molecule has 4 nitrogen and oxygen atoms in total. The van der Waals surface area contributed by atoms with Crippen molar-refractivity contribution < 1.29 is 14.3 Å². The normalized spacial score (nSPS) is 10.2. The summed E-state index contributed by atoms with van der Waals surface area (Å²) in [4.78, 5) is 24.6. The molecule has 0 bridgehead atoms. The highest BCUT2D eigenvalue weighted by Crippen LogP contribution is 2.20. The van der Waals surface area contributed by atoms with E-state index < -0.39 is 5.97 Å². The van der Waals surface area contributed by atoms with Gasteiger partial charge in [0.15, 0.2) is 0 Å². The van der Waals surface area contributed by atoms with Crippen molar-refractivity contribution in [2.24, 2.45) is 0 Å². The van der Waals surface area contributed by atoms with Gasteiger partial charge in [-0.3, -0.25) is 4.79 Å². The molecule has 2 aromatic carbocycles. The molecule has 0 radical (unpaired) electrons. The first-order valence-corrected chi connectivity index (χ1v) is 8.40. The third kappa shape index (κ3) is 5.62. The lowest BCUT2D eigenvalue weighted by Crippen LogP contribution is -2.14. The number of amides is 1. The average Bonchev–Trinajstić information content (AvgIpc) is 2.55. The quantitative estimate of drug-likeness (QED) is 0.625. The van der Waals surface area contributed by atoms with Gasteiger partial charge < -0.3 is 10.1 Å². The topological polar surface area (TPSA) is 55.4 Å². The van der Waals surface area contributed by atoms with E-state index in [4.69, 9.17) is 16.3 Å². The molecule has 120 valence electrons. The van der Waals surface area contributed by atoms with E-state index in [0.717, 1.165) is 4.90 Å². The van der Waals surface area contributed by atoms with Gasteiger partial charge in [-0.1, -0.05) is 17.7 Å². The smallest absolute Gasteiger partial charge is 0.338 e. The van der Waals surface area contributed by atoms with E-state index in [0.29, 0.717) is 22.9 Å². The van der Waals surface area contributed by atoms with Gasteiger partial charge in [-0.15, -0.1) is 11.8 Å². The first-order valence-electron chi connectivity index (χ1n) is 7.04. The number of halogens is 1. The number of thioether (sulfide) groups is 1. The second-order valence-electron chi connectivity index (χ2n) is 4.59. The van der Waals surface area contributed by atoms with Crippen LogP contribution < -0.4 is 5.32 Å². The predicted octanol–water partition coefficient (Wildman–Crippen LogP) is 4.25. The number of ether oxygens (including phenoxy) is 1. The Hall–Kier alpha value is -1.98. The number of hydrogen-bond donors (Lipinski definition) is 1. The van der Waals surface area contributed by atoms with Gasteiger partial charge >= 0.3 is 5.97 Å². The number of hydrogen-bond acceptors (Lipinski definition) is 4. The molecular formula is C17H16ClNO3S. The SMILES string of the molecule is CCOC(=O)c1cccc(NC(=O)CSc2ccc(Cl)cc2)c1. The Labute approximate surface area is 144 Å².